The number of aromatic hydroxyl groups is 1. The van der Waals surface area contributed by atoms with E-state index in [2.05, 4.69) is 16.4 Å². The highest BCUT2D eigenvalue weighted by atomic mass is 19.1. The van der Waals surface area contributed by atoms with Crippen LogP contribution in [0.1, 0.15) is 6.42 Å². The summed E-state index contributed by atoms with van der Waals surface area (Å²) < 4.78 is 12.9. The van der Waals surface area contributed by atoms with Gasteiger partial charge in [0.05, 0.1) is 18.0 Å². The van der Waals surface area contributed by atoms with Crippen molar-refractivity contribution in [2.45, 2.75) is 12.5 Å². The summed E-state index contributed by atoms with van der Waals surface area (Å²) in [5.41, 5.74) is 0. The predicted molar refractivity (Wildman–Crippen MR) is 64.6 cm³/mol. The van der Waals surface area contributed by atoms with Gasteiger partial charge in [-0.1, -0.05) is 0 Å². The second-order valence-electron chi connectivity index (χ2n) is 4.51. The first-order valence-electron chi connectivity index (χ1n) is 5.77. The van der Waals surface area contributed by atoms with Gasteiger partial charge in [0.2, 0.25) is 11.9 Å². The first-order chi connectivity index (χ1) is 9.01. The van der Waals surface area contributed by atoms with Gasteiger partial charge in [-0.2, -0.15) is 14.6 Å². The Bertz CT molecular complexity index is 543. The van der Waals surface area contributed by atoms with Gasteiger partial charge in [-0.25, -0.2) is 0 Å². The van der Waals surface area contributed by atoms with Crippen LogP contribution in [0.4, 0.5) is 10.2 Å². The van der Waals surface area contributed by atoms with Crippen molar-refractivity contribution in [3.63, 3.8) is 0 Å². The fraction of sp³-hybridized carbons (Fsp3) is 0.417. The maximum Gasteiger partial charge on any atom is 0.230 e. The molecule has 6 nitrogen and oxygen atoms in total. The van der Waals surface area contributed by atoms with Gasteiger partial charge in [0.15, 0.2) is 11.6 Å². The highest BCUT2D eigenvalue weighted by Gasteiger charge is 2.34. The number of halogens is 1. The molecule has 0 aromatic carbocycles. The van der Waals surface area contributed by atoms with Gasteiger partial charge in [-0.05, 0) is 25.6 Å². The zero-order chi connectivity index (χ0) is 14.0. The number of hydrogen-bond donors (Lipinski definition) is 2. The van der Waals surface area contributed by atoms with Crippen LogP contribution < -0.4 is 5.32 Å². The number of anilines is 1. The Kier molecular flexibility index (Phi) is 3.62. The molecule has 7 heteroatoms. The fourth-order valence-electron chi connectivity index (χ4n) is 2.08. The zero-order valence-electron chi connectivity index (χ0n) is 10.3. The molecule has 100 valence electrons. The number of nitrogens with zero attached hydrogens (tertiary/aromatic N) is 3. The molecular formula is C12H13FN4O2. The molecule has 2 rings (SSSR count). The third-order valence-electron chi connectivity index (χ3n) is 3.15. The Labute approximate surface area is 109 Å². The lowest BCUT2D eigenvalue weighted by Gasteiger charge is -2.11. The summed E-state index contributed by atoms with van der Waals surface area (Å²) in [6.07, 6.45) is 0.412. The van der Waals surface area contributed by atoms with Crippen molar-refractivity contribution in [2.75, 3.05) is 18.9 Å². The number of rotatable bonds is 2. The van der Waals surface area contributed by atoms with E-state index < -0.39 is 5.95 Å². The number of nitriles is 1. The predicted octanol–water partition coefficient (Wildman–Crippen LogP) is 0.709. The van der Waals surface area contributed by atoms with Crippen LogP contribution in [0.2, 0.25) is 0 Å². The number of carbonyl (C=O) groups excluding carboxylic acids is 1. The number of likely N-dealkylation sites (tertiary alicyclic amines) is 1. The molecule has 2 heterocycles. The number of nitrogens with one attached hydrogen (secondary N) is 1. The number of carbonyl (C=O) groups is 1. The third-order valence-corrected chi connectivity index (χ3v) is 3.15. The van der Waals surface area contributed by atoms with Gasteiger partial charge in [-0.15, -0.1) is 0 Å². The van der Waals surface area contributed by atoms with E-state index in [9.17, 15) is 14.3 Å². The molecule has 19 heavy (non-hydrogen) atoms. The smallest absolute Gasteiger partial charge is 0.230 e. The summed E-state index contributed by atoms with van der Waals surface area (Å²) >= 11 is 0. The van der Waals surface area contributed by atoms with Crippen molar-refractivity contribution in [3.8, 4) is 11.8 Å². The molecule has 1 aliphatic rings. The van der Waals surface area contributed by atoms with Crippen LogP contribution in [0, 0.1) is 23.2 Å². The monoisotopic (exact) mass is 264 g/mol. The van der Waals surface area contributed by atoms with Gasteiger partial charge in [0, 0.05) is 6.54 Å². The van der Waals surface area contributed by atoms with Crippen molar-refractivity contribution in [2.24, 2.45) is 5.92 Å². The number of amides is 1. The van der Waals surface area contributed by atoms with Crippen LogP contribution in [0.5, 0.6) is 5.75 Å². The highest BCUT2D eigenvalue weighted by Crippen LogP contribution is 2.25. The van der Waals surface area contributed by atoms with E-state index in [-0.39, 0.29) is 29.4 Å². The lowest BCUT2D eigenvalue weighted by atomic mass is 10.1. The maximum absolute atomic E-state index is 12.9. The number of aromatic nitrogens is 1. The molecule has 1 fully saturated rings. The highest BCUT2D eigenvalue weighted by molar-refractivity contribution is 5.93. The van der Waals surface area contributed by atoms with E-state index in [1.54, 1.807) is 11.9 Å². The minimum Gasteiger partial charge on any atom is -0.504 e. The molecule has 1 aromatic rings. The van der Waals surface area contributed by atoms with Crippen LogP contribution in [0.25, 0.3) is 0 Å². The normalized spacial score (nSPS) is 23.0. The zero-order valence-corrected chi connectivity index (χ0v) is 10.3. The van der Waals surface area contributed by atoms with Gasteiger partial charge in [-0.3, -0.25) is 9.69 Å². The van der Waals surface area contributed by atoms with Crippen LogP contribution in [0.15, 0.2) is 12.1 Å². The molecule has 0 radical (unpaired) electrons. The first-order valence-corrected chi connectivity index (χ1v) is 5.77. The molecule has 0 spiro atoms. The summed E-state index contributed by atoms with van der Waals surface area (Å²) in [7, 11) is 1.76. The average molecular weight is 264 g/mol. The Morgan fingerprint density at radius 3 is 3.05 bits per heavy atom. The van der Waals surface area contributed by atoms with Gasteiger partial charge in [0.25, 0.3) is 0 Å². The van der Waals surface area contributed by atoms with E-state index in [0.717, 1.165) is 12.1 Å². The Morgan fingerprint density at radius 1 is 1.68 bits per heavy atom. The summed E-state index contributed by atoms with van der Waals surface area (Å²) in [6.45, 7) is 0.445. The molecule has 1 saturated heterocycles. The standard InChI is InChI=1S/C12H13FN4O2/c1-17-6-7(4-8(17)5-14)12(19)16-11-9(18)2-3-10(13)15-11/h2-3,7-8,18H,4,6H2,1H3,(H,15,16,19). The molecule has 2 N–H and O–H groups in total. The molecule has 0 aliphatic carbocycles. The number of hydrogen-bond acceptors (Lipinski definition) is 5. The van der Waals surface area contributed by atoms with Crippen molar-refractivity contribution in [3.05, 3.63) is 18.1 Å². The summed E-state index contributed by atoms with van der Waals surface area (Å²) in [4.78, 5) is 17.2. The minimum atomic E-state index is -0.786. The van der Waals surface area contributed by atoms with Crippen molar-refractivity contribution in [1.29, 1.82) is 5.26 Å². The maximum atomic E-state index is 12.9. The molecule has 1 aromatic heterocycles. The topological polar surface area (TPSA) is 89.2 Å². The van der Waals surface area contributed by atoms with E-state index in [1.165, 1.54) is 0 Å². The van der Waals surface area contributed by atoms with Crippen molar-refractivity contribution >= 4 is 11.7 Å². The Morgan fingerprint density at radius 2 is 2.42 bits per heavy atom. The fourth-order valence-corrected chi connectivity index (χ4v) is 2.08. The molecule has 2 unspecified atom stereocenters. The molecule has 0 bridgehead atoms. The second kappa shape index (κ2) is 5.20. The molecule has 1 amide bonds. The van der Waals surface area contributed by atoms with Crippen LogP contribution in [-0.2, 0) is 4.79 Å². The lowest BCUT2D eigenvalue weighted by Crippen LogP contribution is -2.26. The van der Waals surface area contributed by atoms with Gasteiger partial charge in [0.1, 0.15) is 0 Å². The third kappa shape index (κ3) is 2.80. The summed E-state index contributed by atoms with van der Waals surface area (Å²) in [5.74, 6) is -2.03. The molecule has 1 aliphatic heterocycles. The minimum absolute atomic E-state index is 0.201. The van der Waals surface area contributed by atoms with E-state index in [0.29, 0.717) is 13.0 Å². The van der Waals surface area contributed by atoms with Crippen molar-refractivity contribution < 1.29 is 14.3 Å². The van der Waals surface area contributed by atoms with Gasteiger partial charge < -0.3 is 10.4 Å². The van der Waals surface area contributed by atoms with E-state index in [1.807, 2.05) is 0 Å². The Hall–Kier alpha value is -2.20. The Balaban J connectivity index is 2.06. The van der Waals surface area contributed by atoms with Crippen LogP contribution in [0.3, 0.4) is 0 Å². The van der Waals surface area contributed by atoms with E-state index >= 15 is 0 Å². The van der Waals surface area contributed by atoms with E-state index in [4.69, 9.17) is 5.26 Å². The van der Waals surface area contributed by atoms with Crippen LogP contribution in [-0.4, -0.2) is 40.5 Å². The molecule has 0 saturated carbocycles. The van der Waals surface area contributed by atoms with Crippen LogP contribution >= 0.6 is 0 Å². The lowest BCUT2D eigenvalue weighted by molar-refractivity contribution is -0.119. The number of pyridine rings is 1. The second-order valence-corrected chi connectivity index (χ2v) is 4.51. The average Bonchev–Trinajstić information content (AvgIpc) is 2.75. The summed E-state index contributed by atoms with van der Waals surface area (Å²) in [6, 6.07) is 3.92. The molecular weight excluding hydrogens is 251 g/mol. The largest absolute Gasteiger partial charge is 0.504 e. The van der Waals surface area contributed by atoms with Gasteiger partial charge >= 0.3 is 0 Å². The first kappa shape index (κ1) is 13.2. The SMILES string of the molecule is CN1CC(C(=O)Nc2nc(F)ccc2O)CC1C#N. The molecule has 2 atom stereocenters. The quantitative estimate of drug-likeness (QED) is 0.768. The summed E-state index contributed by atoms with van der Waals surface area (Å²) in [5, 5.41) is 20.7. The van der Waals surface area contributed by atoms with Crippen molar-refractivity contribution in [1.82, 2.24) is 9.88 Å².